The Kier molecular flexibility index (Phi) is 7.16. The SMILES string of the molecule is CCOC(=O)C(CSc1ccccc1)O[Si](C)(C)C(C)(C)C. The molecule has 124 valence electrons. The molecule has 0 saturated carbocycles. The maximum absolute atomic E-state index is 12.2. The van der Waals surface area contributed by atoms with Crippen LogP contribution in [0.1, 0.15) is 27.7 Å². The minimum atomic E-state index is -2.01. The first kappa shape index (κ1) is 19.3. The molecular weight excluding hydrogens is 312 g/mol. The molecule has 0 radical (unpaired) electrons. The molecule has 0 fully saturated rings. The van der Waals surface area contributed by atoms with Crippen LogP contribution in [0.5, 0.6) is 0 Å². The van der Waals surface area contributed by atoms with Gasteiger partial charge in [-0.05, 0) is 37.2 Å². The highest BCUT2D eigenvalue weighted by atomic mass is 32.2. The molecule has 0 aliphatic carbocycles. The number of ether oxygens (including phenoxy) is 1. The highest BCUT2D eigenvalue weighted by Crippen LogP contribution is 2.38. The molecule has 0 bridgehead atoms. The van der Waals surface area contributed by atoms with Gasteiger partial charge in [-0.1, -0.05) is 39.0 Å². The molecule has 3 nitrogen and oxygen atoms in total. The molecule has 0 saturated heterocycles. The average Bonchev–Trinajstić information content (AvgIpc) is 2.43. The van der Waals surface area contributed by atoms with Gasteiger partial charge in [0.15, 0.2) is 14.4 Å². The van der Waals surface area contributed by atoms with Crippen molar-refractivity contribution >= 4 is 26.0 Å². The zero-order chi connectivity index (χ0) is 16.8. The Morgan fingerprint density at radius 3 is 2.32 bits per heavy atom. The maximum Gasteiger partial charge on any atom is 0.334 e. The molecule has 0 amide bonds. The predicted molar refractivity (Wildman–Crippen MR) is 95.9 cm³/mol. The summed E-state index contributed by atoms with van der Waals surface area (Å²) < 4.78 is 11.5. The Balaban J connectivity index is 2.78. The van der Waals surface area contributed by atoms with E-state index in [4.69, 9.17) is 9.16 Å². The van der Waals surface area contributed by atoms with E-state index in [-0.39, 0.29) is 11.0 Å². The van der Waals surface area contributed by atoms with Crippen molar-refractivity contribution in [1.29, 1.82) is 0 Å². The Bertz CT molecular complexity index is 469. The molecule has 5 heteroatoms. The standard InChI is InChI=1S/C17H28O3SSi/c1-7-19-16(18)15(20-22(5,6)17(2,3)4)13-21-14-11-9-8-10-12-14/h8-12,15H,7,13H2,1-6H3. The minimum Gasteiger partial charge on any atom is -0.464 e. The van der Waals surface area contributed by atoms with Gasteiger partial charge in [0.2, 0.25) is 0 Å². The van der Waals surface area contributed by atoms with Crippen molar-refractivity contribution in [3.63, 3.8) is 0 Å². The van der Waals surface area contributed by atoms with Gasteiger partial charge in [-0.2, -0.15) is 0 Å². The number of carbonyl (C=O) groups is 1. The molecule has 22 heavy (non-hydrogen) atoms. The molecule has 1 aromatic carbocycles. The van der Waals surface area contributed by atoms with Crippen LogP contribution < -0.4 is 0 Å². The van der Waals surface area contributed by atoms with E-state index in [1.807, 2.05) is 37.3 Å². The summed E-state index contributed by atoms with van der Waals surface area (Å²) in [5, 5.41) is 0.0646. The van der Waals surface area contributed by atoms with E-state index in [0.717, 1.165) is 4.90 Å². The Labute approximate surface area is 139 Å². The van der Waals surface area contributed by atoms with Crippen LogP contribution in [0.3, 0.4) is 0 Å². The molecule has 0 heterocycles. The van der Waals surface area contributed by atoms with Gasteiger partial charge in [0.25, 0.3) is 0 Å². The summed E-state index contributed by atoms with van der Waals surface area (Å²) in [7, 11) is -2.01. The fourth-order valence-corrected chi connectivity index (χ4v) is 3.87. The van der Waals surface area contributed by atoms with Gasteiger partial charge in [-0.25, -0.2) is 4.79 Å². The predicted octanol–water partition coefficient (Wildman–Crippen LogP) is 4.73. The smallest absolute Gasteiger partial charge is 0.334 e. The van der Waals surface area contributed by atoms with Crippen LogP contribution in [-0.2, 0) is 14.0 Å². The first-order valence-corrected chi connectivity index (χ1v) is 11.6. The van der Waals surface area contributed by atoms with Crippen molar-refractivity contribution in [2.75, 3.05) is 12.4 Å². The molecule has 1 atom stereocenters. The maximum atomic E-state index is 12.2. The summed E-state index contributed by atoms with van der Waals surface area (Å²) in [6.45, 7) is 13.0. The number of esters is 1. The van der Waals surface area contributed by atoms with E-state index in [1.54, 1.807) is 11.8 Å². The lowest BCUT2D eigenvalue weighted by atomic mass is 10.2. The van der Waals surface area contributed by atoms with Gasteiger partial charge >= 0.3 is 5.97 Å². The van der Waals surface area contributed by atoms with Crippen LogP contribution in [0, 0.1) is 0 Å². The molecule has 0 spiro atoms. The van der Waals surface area contributed by atoms with E-state index < -0.39 is 14.4 Å². The van der Waals surface area contributed by atoms with Gasteiger partial charge in [-0.3, -0.25) is 0 Å². The van der Waals surface area contributed by atoms with Crippen LogP contribution in [0.15, 0.2) is 35.2 Å². The van der Waals surface area contributed by atoms with Crippen molar-refractivity contribution in [2.45, 2.75) is 56.8 Å². The number of thioether (sulfide) groups is 1. The van der Waals surface area contributed by atoms with Crippen molar-refractivity contribution in [3.05, 3.63) is 30.3 Å². The zero-order valence-corrected chi connectivity index (χ0v) is 16.3. The van der Waals surface area contributed by atoms with Gasteiger partial charge in [0.05, 0.1) is 6.61 Å². The zero-order valence-electron chi connectivity index (χ0n) is 14.5. The quantitative estimate of drug-likeness (QED) is 0.408. The average molecular weight is 341 g/mol. The minimum absolute atomic E-state index is 0.0646. The van der Waals surface area contributed by atoms with E-state index in [2.05, 4.69) is 33.9 Å². The molecular formula is C17H28O3SSi. The number of hydrogen-bond acceptors (Lipinski definition) is 4. The Hall–Kier alpha value is -0.783. The van der Waals surface area contributed by atoms with Crippen molar-refractivity contribution in [1.82, 2.24) is 0 Å². The molecule has 0 aliphatic heterocycles. The highest BCUT2D eigenvalue weighted by Gasteiger charge is 2.41. The number of carbonyl (C=O) groups excluding carboxylic acids is 1. The summed E-state index contributed by atoms with van der Waals surface area (Å²) >= 11 is 1.63. The molecule has 0 aliphatic rings. The van der Waals surface area contributed by atoms with Crippen LogP contribution in [0.25, 0.3) is 0 Å². The summed E-state index contributed by atoms with van der Waals surface area (Å²) in [4.78, 5) is 13.4. The van der Waals surface area contributed by atoms with Crippen molar-refractivity contribution in [3.8, 4) is 0 Å². The summed E-state index contributed by atoms with van der Waals surface area (Å²) in [5.41, 5.74) is 0. The molecule has 1 unspecified atom stereocenters. The lowest BCUT2D eigenvalue weighted by Gasteiger charge is -2.38. The fourth-order valence-electron chi connectivity index (χ4n) is 1.61. The monoisotopic (exact) mass is 340 g/mol. The van der Waals surface area contributed by atoms with Gasteiger partial charge < -0.3 is 9.16 Å². The van der Waals surface area contributed by atoms with E-state index >= 15 is 0 Å². The van der Waals surface area contributed by atoms with Gasteiger partial charge in [-0.15, -0.1) is 11.8 Å². The summed E-state index contributed by atoms with van der Waals surface area (Å²) in [5.74, 6) is 0.325. The second-order valence-corrected chi connectivity index (χ2v) is 12.6. The normalized spacial score (nSPS) is 13.7. The lowest BCUT2D eigenvalue weighted by molar-refractivity contribution is -0.150. The summed E-state index contributed by atoms with van der Waals surface area (Å²) in [6.07, 6.45) is -0.508. The Morgan fingerprint density at radius 2 is 1.82 bits per heavy atom. The lowest BCUT2D eigenvalue weighted by Crippen LogP contribution is -2.47. The number of hydrogen-bond donors (Lipinski definition) is 0. The van der Waals surface area contributed by atoms with Gasteiger partial charge in [0, 0.05) is 10.6 Å². The van der Waals surface area contributed by atoms with Crippen molar-refractivity contribution < 1.29 is 14.0 Å². The van der Waals surface area contributed by atoms with Crippen molar-refractivity contribution in [2.24, 2.45) is 0 Å². The largest absolute Gasteiger partial charge is 0.464 e. The van der Waals surface area contributed by atoms with Crippen LogP contribution >= 0.6 is 11.8 Å². The van der Waals surface area contributed by atoms with E-state index in [1.165, 1.54) is 0 Å². The van der Waals surface area contributed by atoms with Crippen LogP contribution in [0.4, 0.5) is 0 Å². The molecule has 0 aromatic heterocycles. The van der Waals surface area contributed by atoms with Gasteiger partial charge in [0.1, 0.15) is 0 Å². The highest BCUT2D eigenvalue weighted by molar-refractivity contribution is 7.99. The Morgan fingerprint density at radius 1 is 1.23 bits per heavy atom. The first-order valence-electron chi connectivity index (χ1n) is 7.69. The first-order chi connectivity index (χ1) is 10.2. The number of rotatable bonds is 7. The van der Waals surface area contributed by atoms with Crippen LogP contribution in [-0.4, -0.2) is 32.8 Å². The third-order valence-electron chi connectivity index (χ3n) is 3.94. The fraction of sp³-hybridized carbons (Fsp3) is 0.588. The second-order valence-electron chi connectivity index (χ2n) is 6.74. The molecule has 0 N–H and O–H groups in total. The third kappa shape index (κ3) is 5.78. The number of benzene rings is 1. The second kappa shape index (κ2) is 8.18. The summed E-state index contributed by atoms with van der Waals surface area (Å²) in [6, 6.07) is 10.1. The van der Waals surface area contributed by atoms with E-state index in [9.17, 15) is 4.79 Å². The molecule has 1 aromatic rings. The molecule has 1 rings (SSSR count). The topological polar surface area (TPSA) is 35.5 Å². The van der Waals surface area contributed by atoms with Crippen LogP contribution in [0.2, 0.25) is 18.1 Å². The van der Waals surface area contributed by atoms with E-state index in [0.29, 0.717) is 12.4 Å². The third-order valence-corrected chi connectivity index (χ3v) is 9.50.